The zero-order valence-electron chi connectivity index (χ0n) is 13.9. The van der Waals surface area contributed by atoms with Crippen LogP contribution in [0.4, 0.5) is 11.5 Å². The first-order valence-electron chi connectivity index (χ1n) is 7.78. The van der Waals surface area contributed by atoms with E-state index in [0.29, 0.717) is 0 Å². The minimum atomic E-state index is 0.726. The third kappa shape index (κ3) is 2.17. The highest BCUT2D eigenvalue weighted by molar-refractivity contribution is 6.05. The third-order valence-electron chi connectivity index (χ3n) is 4.40. The van der Waals surface area contributed by atoms with Gasteiger partial charge in [-0.15, -0.1) is 0 Å². The number of aromatic nitrogens is 2. The fourth-order valence-electron chi connectivity index (χ4n) is 3.11. The van der Waals surface area contributed by atoms with Crippen molar-refractivity contribution in [3.8, 4) is 22.8 Å². The topological polar surface area (TPSA) is 62.1 Å². The second-order valence-corrected chi connectivity index (χ2v) is 5.79. The van der Waals surface area contributed by atoms with Crippen molar-refractivity contribution in [1.29, 1.82) is 0 Å². The van der Waals surface area contributed by atoms with E-state index in [1.54, 1.807) is 14.2 Å². The first-order chi connectivity index (χ1) is 11.7. The van der Waals surface area contributed by atoms with Gasteiger partial charge < -0.3 is 14.8 Å². The maximum atomic E-state index is 5.46. The third-order valence-corrected chi connectivity index (χ3v) is 4.40. The minimum Gasteiger partial charge on any atom is -0.497 e. The zero-order chi connectivity index (χ0) is 16.7. The Kier molecular flexibility index (Phi) is 3.34. The normalized spacial score (nSPS) is 11.1. The molecule has 5 heteroatoms. The summed E-state index contributed by atoms with van der Waals surface area (Å²) in [5.41, 5.74) is 4.36. The molecule has 0 atom stereocenters. The highest BCUT2D eigenvalue weighted by Crippen LogP contribution is 2.40. The van der Waals surface area contributed by atoms with Gasteiger partial charge in [0.1, 0.15) is 17.3 Å². The Morgan fingerprint density at radius 1 is 0.917 bits per heavy atom. The Bertz CT molecular complexity index is 984. The van der Waals surface area contributed by atoms with Crippen molar-refractivity contribution >= 4 is 22.3 Å². The second-order valence-electron chi connectivity index (χ2n) is 5.79. The molecule has 2 aromatic carbocycles. The lowest BCUT2D eigenvalue weighted by molar-refractivity contribution is 0.395. The SMILES string of the molecule is COc1ccc(Nc2[nH][nH]c3c4cccc(C)c4cc2-3)c(OC)c1. The number of fused-ring (bicyclic) bond motifs is 3. The van der Waals surface area contributed by atoms with E-state index in [-0.39, 0.29) is 0 Å². The molecule has 0 amide bonds. The molecule has 0 radical (unpaired) electrons. The number of rotatable bonds is 4. The van der Waals surface area contributed by atoms with Gasteiger partial charge in [-0.25, -0.2) is 0 Å². The van der Waals surface area contributed by atoms with Gasteiger partial charge in [-0.05, 0) is 36.1 Å². The molecule has 2 aliphatic rings. The van der Waals surface area contributed by atoms with E-state index in [1.807, 2.05) is 18.2 Å². The van der Waals surface area contributed by atoms with Crippen molar-refractivity contribution in [2.24, 2.45) is 0 Å². The Morgan fingerprint density at radius 2 is 1.79 bits per heavy atom. The van der Waals surface area contributed by atoms with Crippen molar-refractivity contribution < 1.29 is 9.47 Å². The van der Waals surface area contributed by atoms with Crippen LogP contribution < -0.4 is 14.8 Å². The molecule has 0 bridgehead atoms. The molecule has 24 heavy (non-hydrogen) atoms. The molecule has 2 aromatic rings. The lowest BCUT2D eigenvalue weighted by Gasteiger charge is -2.11. The number of hydrogen-bond acceptors (Lipinski definition) is 3. The van der Waals surface area contributed by atoms with Crippen molar-refractivity contribution in [3.05, 3.63) is 48.0 Å². The van der Waals surface area contributed by atoms with Crippen molar-refractivity contribution in [2.75, 3.05) is 19.5 Å². The van der Waals surface area contributed by atoms with Gasteiger partial charge in [-0.3, -0.25) is 10.2 Å². The average Bonchev–Trinajstić information content (AvgIpc) is 3.16. The van der Waals surface area contributed by atoms with Gasteiger partial charge in [0.2, 0.25) is 0 Å². The van der Waals surface area contributed by atoms with Crippen LogP contribution in [-0.4, -0.2) is 24.4 Å². The maximum absolute atomic E-state index is 5.46. The number of hydrogen-bond donors (Lipinski definition) is 3. The monoisotopic (exact) mass is 321 g/mol. The van der Waals surface area contributed by atoms with Gasteiger partial charge in [-0.1, -0.05) is 18.2 Å². The van der Waals surface area contributed by atoms with E-state index in [4.69, 9.17) is 9.47 Å². The number of methoxy groups -OCH3 is 2. The quantitative estimate of drug-likeness (QED) is 0.512. The molecule has 0 saturated carbocycles. The molecule has 4 rings (SSSR count). The summed E-state index contributed by atoms with van der Waals surface area (Å²) in [5, 5.41) is 12.4. The summed E-state index contributed by atoms with van der Waals surface area (Å²) in [6.45, 7) is 2.13. The molecule has 1 heterocycles. The molecule has 5 nitrogen and oxygen atoms in total. The maximum Gasteiger partial charge on any atom is 0.146 e. The number of aromatic amines is 2. The van der Waals surface area contributed by atoms with Crippen LogP contribution in [0.1, 0.15) is 5.56 Å². The molecule has 0 unspecified atom stereocenters. The minimum absolute atomic E-state index is 0.726. The highest BCUT2D eigenvalue weighted by Gasteiger charge is 2.18. The standard InChI is InChI=1S/C19H19N3O2/c1-11-5-4-6-13-14(11)10-15-18(13)21-22-19(15)20-16-8-7-12(23-2)9-17(16)24-3/h4-10,20-22H,1-3H3. The summed E-state index contributed by atoms with van der Waals surface area (Å²) in [7, 11) is 3.29. The van der Waals surface area contributed by atoms with E-state index >= 15 is 0 Å². The summed E-state index contributed by atoms with van der Waals surface area (Å²) < 4.78 is 10.7. The van der Waals surface area contributed by atoms with Gasteiger partial charge in [0, 0.05) is 17.0 Å². The van der Waals surface area contributed by atoms with E-state index in [2.05, 4.69) is 46.7 Å². The van der Waals surface area contributed by atoms with Gasteiger partial charge in [0.25, 0.3) is 0 Å². The molecular weight excluding hydrogens is 302 g/mol. The van der Waals surface area contributed by atoms with E-state index in [0.717, 1.165) is 34.3 Å². The molecule has 1 aliphatic heterocycles. The Labute approximate surface area is 139 Å². The predicted molar refractivity (Wildman–Crippen MR) is 96.8 cm³/mol. The van der Waals surface area contributed by atoms with Crippen LogP contribution in [-0.2, 0) is 0 Å². The van der Waals surface area contributed by atoms with E-state index < -0.39 is 0 Å². The lowest BCUT2D eigenvalue weighted by Crippen LogP contribution is -1.96. The molecule has 122 valence electrons. The van der Waals surface area contributed by atoms with Crippen LogP contribution in [0.5, 0.6) is 11.5 Å². The van der Waals surface area contributed by atoms with Gasteiger partial charge in [0.05, 0.1) is 25.6 Å². The number of H-pyrrole nitrogens is 2. The van der Waals surface area contributed by atoms with E-state index in [9.17, 15) is 0 Å². The fraction of sp³-hybridized carbons (Fsp3) is 0.158. The Morgan fingerprint density at radius 3 is 2.58 bits per heavy atom. The molecule has 1 aliphatic carbocycles. The predicted octanol–water partition coefficient (Wildman–Crippen LogP) is 4.67. The fourth-order valence-corrected chi connectivity index (χ4v) is 3.11. The van der Waals surface area contributed by atoms with Crippen LogP contribution in [0.3, 0.4) is 0 Å². The first kappa shape index (κ1) is 14.5. The van der Waals surface area contributed by atoms with Crippen LogP contribution in [0.2, 0.25) is 0 Å². The average molecular weight is 321 g/mol. The molecular formula is C19H19N3O2. The summed E-state index contributed by atoms with van der Waals surface area (Å²) in [5.74, 6) is 2.39. The van der Waals surface area contributed by atoms with Crippen molar-refractivity contribution in [3.63, 3.8) is 0 Å². The van der Waals surface area contributed by atoms with Crippen LogP contribution >= 0.6 is 0 Å². The molecule has 0 spiro atoms. The van der Waals surface area contributed by atoms with Crippen LogP contribution in [0, 0.1) is 6.92 Å². The number of benzene rings is 2. The number of aryl methyl sites for hydroxylation is 1. The molecule has 0 saturated heterocycles. The second kappa shape index (κ2) is 5.53. The van der Waals surface area contributed by atoms with Crippen molar-refractivity contribution in [2.45, 2.75) is 6.92 Å². The Balaban J connectivity index is 1.77. The van der Waals surface area contributed by atoms with Crippen LogP contribution in [0.25, 0.3) is 22.0 Å². The largest absolute Gasteiger partial charge is 0.497 e. The summed E-state index contributed by atoms with van der Waals surface area (Å²) in [6, 6.07) is 14.2. The van der Waals surface area contributed by atoms with Crippen molar-refractivity contribution in [1.82, 2.24) is 10.2 Å². The summed E-state index contributed by atoms with van der Waals surface area (Å²) >= 11 is 0. The van der Waals surface area contributed by atoms with Gasteiger partial charge in [0.15, 0.2) is 0 Å². The summed E-state index contributed by atoms with van der Waals surface area (Å²) in [4.78, 5) is 0. The number of nitrogens with one attached hydrogen (secondary N) is 3. The van der Waals surface area contributed by atoms with Crippen LogP contribution in [0.15, 0.2) is 42.5 Å². The smallest absolute Gasteiger partial charge is 0.146 e. The lowest BCUT2D eigenvalue weighted by atomic mass is 10.1. The molecule has 3 N–H and O–H groups in total. The number of ether oxygens (including phenoxy) is 2. The number of anilines is 2. The van der Waals surface area contributed by atoms with Gasteiger partial charge >= 0.3 is 0 Å². The van der Waals surface area contributed by atoms with E-state index in [1.165, 1.54) is 16.3 Å². The highest BCUT2D eigenvalue weighted by atomic mass is 16.5. The molecule has 0 fully saturated rings. The zero-order valence-corrected chi connectivity index (χ0v) is 13.9. The van der Waals surface area contributed by atoms with Gasteiger partial charge in [-0.2, -0.15) is 0 Å². The molecule has 0 aromatic heterocycles. The Hall–Kier alpha value is -3.08. The summed E-state index contributed by atoms with van der Waals surface area (Å²) in [6.07, 6.45) is 0. The first-order valence-corrected chi connectivity index (χ1v) is 7.78.